The van der Waals surface area contributed by atoms with Crippen LogP contribution in [0.15, 0.2) is 100 Å². The van der Waals surface area contributed by atoms with Crippen molar-refractivity contribution in [3.8, 4) is 0 Å². The standard InChI is InChI=1S/C28H28N12/c1-5-9-37-21-13-23(31-17-29-21)38(10-6-2)25-15-27(35-19-33-25)40(12-8-4)28-16-26(34-20-36-28)39(11-7-3)24-14-22(37)30-18-32-24/h5-8,13-20H,1-4,9-12H2. The summed E-state index contributed by atoms with van der Waals surface area (Å²) in [5.74, 6) is 4.98. The minimum Gasteiger partial charge on any atom is -0.307 e. The molecule has 0 saturated heterocycles. The minimum atomic E-state index is 0.446. The van der Waals surface area contributed by atoms with E-state index >= 15 is 0 Å². The number of aromatic nitrogens is 8. The first-order chi connectivity index (χ1) is 19.7. The molecule has 12 heteroatoms. The summed E-state index contributed by atoms with van der Waals surface area (Å²) in [6.45, 7) is 17.5. The van der Waals surface area contributed by atoms with E-state index in [2.05, 4.69) is 66.2 Å². The highest BCUT2D eigenvalue weighted by Crippen LogP contribution is 2.33. The zero-order chi connectivity index (χ0) is 27.9. The van der Waals surface area contributed by atoms with Gasteiger partial charge in [-0.2, -0.15) is 0 Å². The van der Waals surface area contributed by atoms with Gasteiger partial charge in [0.1, 0.15) is 71.9 Å². The lowest BCUT2D eigenvalue weighted by Crippen LogP contribution is -2.26. The zero-order valence-corrected chi connectivity index (χ0v) is 22.0. The van der Waals surface area contributed by atoms with E-state index in [4.69, 9.17) is 0 Å². The van der Waals surface area contributed by atoms with Crippen LogP contribution in [0.5, 0.6) is 0 Å². The molecule has 1 aliphatic heterocycles. The lowest BCUT2D eigenvalue weighted by atomic mass is 10.3. The van der Waals surface area contributed by atoms with E-state index in [1.165, 1.54) is 25.3 Å². The van der Waals surface area contributed by atoms with Gasteiger partial charge in [-0.3, -0.25) is 0 Å². The Labute approximate surface area is 232 Å². The van der Waals surface area contributed by atoms with Crippen molar-refractivity contribution in [2.75, 3.05) is 45.8 Å². The Hall–Kier alpha value is -5.52. The number of anilines is 8. The van der Waals surface area contributed by atoms with E-state index in [1.54, 1.807) is 24.3 Å². The Balaban J connectivity index is 1.79. The van der Waals surface area contributed by atoms with Crippen molar-refractivity contribution in [2.45, 2.75) is 0 Å². The molecule has 1 aliphatic rings. The van der Waals surface area contributed by atoms with E-state index < -0.39 is 0 Å². The molecule has 5 heterocycles. The third-order valence-electron chi connectivity index (χ3n) is 6.01. The first-order valence-electron chi connectivity index (χ1n) is 12.5. The normalized spacial score (nSPS) is 12.6. The van der Waals surface area contributed by atoms with Crippen molar-refractivity contribution in [3.63, 3.8) is 0 Å². The fourth-order valence-electron chi connectivity index (χ4n) is 4.26. The molecule has 0 aliphatic carbocycles. The fourth-order valence-corrected chi connectivity index (χ4v) is 4.26. The Bertz CT molecular complexity index is 1230. The highest BCUT2D eigenvalue weighted by atomic mass is 15.3. The van der Waals surface area contributed by atoms with Gasteiger partial charge in [0.15, 0.2) is 0 Å². The van der Waals surface area contributed by atoms with Crippen LogP contribution < -0.4 is 19.6 Å². The molecular formula is C28H28N12. The summed E-state index contributed by atoms with van der Waals surface area (Å²) in [4.78, 5) is 44.1. The smallest absolute Gasteiger partial charge is 0.139 e. The fraction of sp³-hybridized carbons (Fsp3) is 0.143. The molecule has 0 spiro atoms. The first-order valence-corrected chi connectivity index (χ1v) is 12.5. The van der Waals surface area contributed by atoms with Gasteiger partial charge in [-0.1, -0.05) is 24.3 Å². The maximum absolute atomic E-state index is 4.56. The number of fused-ring (bicyclic) bond motifs is 8. The molecular weight excluding hydrogens is 504 g/mol. The highest BCUT2D eigenvalue weighted by molar-refractivity contribution is 5.71. The summed E-state index contributed by atoms with van der Waals surface area (Å²) in [5.41, 5.74) is 0. The summed E-state index contributed by atoms with van der Waals surface area (Å²) < 4.78 is 0. The van der Waals surface area contributed by atoms with Crippen molar-refractivity contribution in [1.29, 1.82) is 0 Å². The van der Waals surface area contributed by atoms with Gasteiger partial charge >= 0.3 is 0 Å². The van der Waals surface area contributed by atoms with E-state index in [9.17, 15) is 0 Å². The van der Waals surface area contributed by atoms with Crippen LogP contribution in [-0.4, -0.2) is 66.1 Å². The predicted octanol–water partition coefficient (Wildman–Crippen LogP) is 4.46. The minimum absolute atomic E-state index is 0.446. The third-order valence-corrected chi connectivity index (χ3v) is 6.01. The Morgan fingerprint density at radius 1 is 0.375 bits per heavy atom. The van der Waals surface area contributed by atoms with E-state index in [1.807, 2.05) is 43.9 Å². The van der Waals surface area contributed by atoms with E-state index in [0.29, 0.717) is 72.7 Å². The molecule has 0 fully saturated rings. The van der Waals surface area contributed by atoms with Crippen molar-refractivity contribution in [1.82, 2.24) is 39.9 Å². The molecule has 0 aromatic carbocycles. The van der Waals surface area contributed by atoms with Crippen LogP contribution in [-0.2, 0) is 0 Å². The van der Waals surface area contributed by atoms with Crippen LogP contribution in [0.4, 0.5) is 46.5 Å². The van der Waals surface area contributed by atoms with Crippen molar-refractivity contribution in [2.24, 2.45) is 0 Å². The molecule has 200 valence electrons. The monoisotopic (exact) mass is 532 g/mol. The summed E-state index contributed by atoms with van der Waals surface area (Å²) in [5, 5.41) is 0. The second-order valence-corrected chi connectivity index (χ2v) is 8.53. The summed E-state index contributed by atoms with van der Waals surface area (Å²) in [6.07, 6.45) is 13.2. The Kier molecular flexibility index (Phi) is 7.77. The van der Waals surface area contributed by atoms with Crippen LogP contribution >= 0.6 is 0 Å². The van der Waals surface area contributed by atoms with Crippen LogP contribution in [0.2, 0.25) is 0 Å². The molecule has 0 N–H and O–H groups in total. The molecule has 12 nitrogen and oxygen atoms in total. The van der Waals surface area contributed by atoms with Crippen molar-refractivity contribution >= 4 is 46.5 Å². The molecule has 5 rings (SSSR count). The van der Waals surface area contributed by atoms with Crippen LogP contribution in [0.3, 0.4) is 0 Å². The second kappa shape index (κ2) is 11.9. The summed E-state index contributed by atoms with van der Waals surface area (Å²) in [7, 11) is 0. The topological polar surface area (TPSA) is 116 Å². The first kappa shape index (κ1) is 26.1. The van der Waals surface area contributed by atoms with Gasteiger partial charge in [-0.25, -0.2) is 39.9 Å². The largest absolute Gasteiger partial charge is 0.307 e. The third kappa shape index (κ3) is 5.23. The molecule has 4 aromatic rings. The molecule has 8 bridgehead atoms. The Morgan fingerprint density at radius 2 is 0.550 bits per heavy atom. The molecule has 0 unspecified atom stereocenters. The van der Waals surface area contributed by atoms with Gasteiger partial charge in [0.2, 0.25) is 0 Å². The molecule has 0 amide bonds. The molecule has 40 heavy (non-hydrogen) atoms. The molecule has 0 atom stereocenters. The lowest BCUT2D eigenvalue weighted by molar-refractivity contribution is 0.924. The van der Waals surface area contributed by atoms with Gasteiger partial charge in [-0.05, 0) is 0 Å². The van der Waals surface area contributed by atoms with Gasteiger partial charge in [-0.15, -0.1) is 26.3 Å². The zero-order valence-electron chi connectivity index (χ0n) is 22.0. The number of hydrogen-bond donors (Lipinski definition) is 0. The van der Waals surface area contributed by atoms with Crippen molar-refractivity contribution < 1.29 is 0 Å². The number of nitrogens with zero attached hydrogens (tertiary/aromatic N) is 12. The van der Waals surface area contributed by atoms with Gasteiger partial charge in [0, 0.05) is 50.4 Å². The molecule has 0 saturated carbocycles. The summed E-state index contributed by atoms with van der Waals surface area (Å²) in [6, 6.07) is 7.49. The van der Waals surface area contributed by atoms with E-state index in [-0.39, 0.29) is 0 Å². The molecule has 0 radical (unpaired) electrons. The van der Waals surface area contributed by atoms with Gasteiger partial charge in [0.25, 0.3) is 0 Å². The number of hydrogen-bond acceptors (Lipinski definition) is 12. The maximum atomic E-state index is 4.56. The summed E-state index contributed by atoms with van der Waals surface area (Å²) >= 11 is 0. The second-order valence-electron chi connectivity index (χ2n) is 8.53. The highest BCUT2D eigenvalue weighted by Gasteiger charge is 2.22. The molecule has 4 aromatic heterocycles. The lowest BCUT2D eigenvalue weighted by Gasteiger charge is -2.28. The Morgan fingerprint density at radius 3 is 0.700 bits per heavy atom. The average molecular weight is 533 g/mol. The average Bonchev–Trinajstić information content (AvgIpc) is 3.00. The van der Waals surface area contributed by atoms with Crippen molar-refractivity contribution in [3.05, 3.63) is 100 Å². The van der Waals surface area contributed by atoms with Gasteiger partial charge in [0.05, 0.1) is 0 Å². The number of rotatable bonds is 8. The van der Waals surface area contributed by atoms with E-state index in [0.717, 1.165) is 0 Å². The van der Waals surface area contributed by atoms with Crippen LogP contribution in [0.1, 0.15) is 0 Å². The van der Waals surface area contributed by atoms with Crippen LogP contribution in [0.25, 0.3) is 0 Å². The van der Waals surface area contributed by atoms with Gasteiger partial charge < -0.3 is 19.6 Å². The predicted molar refractivity (Wildman–Crippen MR) is 157 cm³/mol. The van der Waals surface area contributed by atoms with Crippen LogP contribution in [0, 0.1) is 0 Å². The maximum Gasteiger partial charge on any atom is 0.139 e. The quantitative estimate of drug-likeness (QED) is 0.298. The SMILES string of the molecule is C=CCN1c2cc(ncn2)N(CC=C)c2cc(ncn2)N(CC=C)c2cc(ncn2)N(CC=C)c2cc1ncn2.